The largest absolute Gasteiger partial charge is 0.313 e. The molecule has 100 valence electrons. The molecule has 0 bridgehead atoms. The molecule has 0 aliphatic rings. The van der Waals surface area contributed by atoms with E-state index < -0.39 is 0 Å². The van der Waals surface area contributed by atoms with E-state index in [4.69, 9.17) is 0 Å². The van der Waals surface area contributed by atoms with Crippen molar-refractivity contribution in [2.24, 2.45) is 5.92 Å². The van der Waals surface area contributed by atoms with Crippen LogP contribution in [0.5, 0.6) is 0 Å². The van der Waals surface area contributed by atoms with Crippen LogP contribution in [0.4, 0.5) is 0 Å². The highest BCUT2D eigenvalue weighted by Crippen LogP contribution is 2.26. The molecule has 0 aliphatic carbocycles. The lowest BCUT2D eigenvalue weighted by atomic mass is 10.0. The number of ketones is 1. The smallest absolute Gasteiger partial charge is 0.167 e. The molecule has 0 saturated heterocycles. The van der Waals surface area contributed by atoms with Gasteiger partial charge in [-0.3, -0.25) is 4.79 Å². The van der Waals surface area contributed by atoms with E-state index in [0.29, 0.717) is 0 Å². The summed E-state index contributed by atoms with van der Waals surface area (Å²) in [6.07, 6.45) is 6.85. The van der Waals surface area contributed by atoms with E-state index >= 15 is 0 Å². The third kappa shape index (κ3) is 1.99. The molecule has 0 spiro atoms. The minimum absolute atomic E-state index is 0.0266. The Morgan fingerprint density at radius 2 is 1.85 bits per heavy atom. The Bertz CT molecular complexity index is 760. The summed E-state index contributed by atoms with van der Waals surface area (Å²) < 4.78 is 1.96. The predicted molar refractivity (Wildman–Crippen MR) is 78.0 cm³/mol. The van der Waals surface area contributed by atoms with Crippen LogP contribution < -0.4 is 0 Å². The maximum absolute atomic E-state index is 12.4. The number of hydrogen-bond donors (Lipinski definition) is 0. The zero-order valence-electron chi connectivity index (χ0n) is 11.4. The normalized spacial score (nSPS) is 11.2. The summed E-state index contributed by atoms with van der Waals surface area (Å²) in [7, 11) is 0. The Hall–Kier alpha value is -2.49. The fraction of sp³-hybridized carbons (Fsp3) is 0.188. The third-order valence-corrected chi connectivity index (χ3v) is 3.33. The number of hydrogen-bond acceptors (Lipinski definition) is 3. The maximum Gasteiger partial charge on any atom is 0.167 e. The number of benzene rings is 1. The van der Waals surface area contributed by atoms with Crippen LogP contribution >= 0.6 is 0 Å². The molecule has 0 unspecified atom stereocenters. The van der Waals surface area contributed by atoms with Crippen LogP contribution in [-0.2, 0) is 0 Å². The summed E-state index contributed by atoms with van der Waals surface area (Å²) in [5, 5.41) is 0.968. The molecule has 0 N–H and O–H groups in total. The standard InChI is InChI=1S/C16H15N3O/c1-11(2)16(20)14-9-19(12-7-17-10-18-8-12)15-6-4-3-5-13(14)15/h3-11H,1-2H3. The zero-order valence-corrected chi connectivity index (χ0v) is 11.4. The number of rotatable bonds is 3. The zero-order chi connectivity index (χ0) is 14.1. The summed E-state index contributed by atoms with van der Waals surface area (Å²) in [4.78, 5) is 20.4. The molecule has 1 aromatic carbocycles. The van der Waals surface area contributed by atoms with Crippen LogP contribution in [0.1, 0.15) is 24.2 Å². The summed E-state index contributed by atoms with van der Waals surface area (Å²) in [5.41, 5.74) is 2.59. The fourth-order valence-corrected chi connectivity index (χ4v) is 2.32. The van der Waals surface area contributed by atoms with Gasteiger partial charge in [0.05, 0.1) is 23.6 Å². The maximum atomic E-state index is 12.4. The van der Waals surface area contributed by atoms with Crippen LogP contribution in [0.15, 0.2) is 49.2 Å². The van der Waals surface area contributed by atoms with Crippen LogP contribution in [0.2, 0.25) is 0 Å². The van der Waals surface area contributed by atoms with Gasteiger partial charge in [0, 0.05) is 23.1 Å². The second-order valence-corrected chi connectivity index (χ2v) is 5.05. The monoisotopic (exact) mass is 265 g/mol. The molecule has 2 heterocycles. The van der Waals surface area contributed by atoms with Crippen molar-refractivity contribution >= 4 is 16.7 Å². The first kappa shape index (κ1) is 12.5. The SMILES string of the molecule is CC(C)C(=O)c1cn(-c2cncnc2)c2ccccc12. The highest BCUT2D eigenvalue weighted by atomic mass is 16.1. The van der Waals surface area contributed by atoms with Crippen molar-refractivity contribution in [3.05, 3.63) is 54.7 Å². The van der Waals surface area contributed by atoms with E-state index in [-0.39, 0.29) is 11.7 Å². The topological polar surface area (TPSA) is 47.8 Å². The van der Waals surface area contributed by atoms with Gasteiger partial charge < -0.3 is 4.57 Å². The van der Waals surface area contributed by atoms with Crippen LogP contribution in [0, 0.1) is 5.92 Å². The molecule has 3 rings (SSSR count). The predicted octanol–water partition coefficient (Wildman–Crippen LogP) is 3.26. The molecule has 0 radical (unpaired) electrons. The lowest BCUT2D eigenvalue weighted by Crippen LogP contribution is -2.06. The molecule has 0 atom stereocenters. The molecule has 0 saturated carbocycles. The van der Waals surface area contributed by atoms with Gasteiger partial charge in [0.25, 0.3) is 0 Å². The van der Waals surface area contributed by atoms with Gasteiger partial charge in [0.1, 0.15) is 6.33 Å². The van der Waals surface area contributed by atoms with E-state index in [9.17, 15) is 4.79 Å². The van der Waals surface area contributed by atoms with Gasteiger partial charge in [0.15, 0.2) is 5.78 Å². The number of nitrogens with zero attached hydrogens (tertiary/aromatic N) is 3. The van der Waals surface area contributed by atoms with Crippen molar-refractivity contribution in [2.45, 2.75) is 13.8 Å². The average molecular weight is 265 g/mol. The summed E-state index contributed by atoms with van der Waals surface area (Å²) in [6.45, 7) is 3.83. The van der Waals surface area contributed by atoms with Gasteiger partial charge in [-0.05, 0) is 6.07 Å². The first-order valence-corrected chi connectivity index (χ1v) is 6.58. The van der Waals surface area contributed by atoms with Crippen molar-refractivity contribution in [2.75, 3.05) is 0 Å². The molecule has 0 amide bonds. The molecular weight excluding hydrogens is 250 g/mol. The number of carbonyl (C=O) groups is 1. The van der Waals surface area contributed by atoms with Gasteiger partial charge in [0.2, 0.25) is 0 Å². The molecular formula is C16H15N3O. The third-order valence-electron chi connectivity index (χ3n) is 3.33. The number of carbonyl (C=O) groups excluding carboxylic acids is 1. The summed E-state index contributed by atoms with van der Waals surface area (Å²) in [5.74, 6) is 0.123. The van der Waals surface area contributed by atoms with E-state index in [1.807, 2.05) is 48.9 Å². The minimum atomic E-state index is -0.0266. The second kappa shape index (κ2) is 4.89. The second-order valence-electron chi connectivity index (χ2n) is 5.05. The first-order chi connectivity index (χ1) is 9.68. The first-order valence-electron chi connectivity index (χ1n) is 6.58. The molecule has 0 fully saturated rings. The van der Waals surface area contributed by atoms with Crippen molar-refractivity contribution in [3.63, 3.8) is 0 Å². The van der Waals surface area contributed by atoms with E-state index in [0.717, 1.165) is 22.2 Å². The Kier molecular flexibility index (Phi) is 3.06. The van der Waals surface area contributed by atoms with Crippen molar-refractivity contribution in [1.82, 2.24) is 14.5 Å². The molecule has 20 heavy (non-hydrogen) atoms. The van der Waals surface area contributed by atoms with Gasteiger partial charge in [-0.1, -0.05) is 32.0 Å². The van der Waals surface area contributed by atoms with E-state index in [1.165, 1.54) is 6.33 Å². The van der Waals surface area contributed by atoms with E-state index in [1.54, 1.807) is 12.4 Å². The van der Waals surface area contributed by atoms with Gasteiger partial charge in [-0.2, -0.15) is 0 Å². The number of aromatic nitrogens is 3. The van der Waals surface area contributed by atoms with Crippen LogP contribution in [0.25, 0.3) is 16.6 Å². The fourth-order valence-electron chi connectivity index (χ4n) is 2.32. The lowest BCUT2D eigenvalue weighted by Gasteiger charge is -2.02. The van der Waals surface area contributed by atoms with Gasteiger partial charge in [-0.15, -0.1) is 0 Å². The van der Waals surface area contributed by atoms with Gasteiger partial charge in [-0.25, -0.2) is 9.97 Å². The van der Waals surface area contributed by atoms with Gasteiger partial charge >= 0.3 is 0 Å². The Morgan fingerprint density at radius 1 is 1.15 bits per heavy atom. The lowest BCUT2D eigenvalue weighted by molar-refractivity contribution is 0.0941. The van der Waals surface area contributed by atoms with Crippen molar-refractivity contribution in [1.29, 1.82) is 0 Å². The van der Waals surface area contributed by atoms with Crippen LogP contribution in [0.3, 0.4) is 0 Å². The highest BCUT2D eigenvalue weighted by Gasteiger charge is 2.17. The molecule has 0 aliphatic heterocycles. The Morgan fingerprint density at radius 3 is 2.55 bits per heavy atom. The highest BCUT2D eigenvalue weighted by molar-refractivity contribution is 6.09. The van der Waals surface area contributed by atoms with Crippen LogP contribution in [-0.4, -0.2) is 20.3 Å². The molecule has 4 heteroatoms. The number of Topliss-reactive ketones (excluding diaryl/α,β-unsaturated/α-hetero) is 1. The summed E-state index contributed by atoms with van der Waals surface area (Å²) in [6, 6.07) is 7.89. The summed E-state index contributed by atoms with van der Waals surface area (Å²) >= 11 is 0. The molecule has 4 nitrogen and oxygen atoms in total. The van der Waals surface area contributed by atoms with Crippen molar-refractivity contribution < 1.29 is 4.79 Å². The number of para-hydroxylation sites is 1. The average Bonchev–Trinajstić information content (AvgIpc) is 2.87. The Balaban J connectivity index is 2.27. The number of fused-ring (bicyclic) bond motifs is 1. The quantitative estimate of drug-likeness (QED) is 0.683. The Labute approximate surface area is 117 Å². The van der Waals surface area contributed by atoms with Crippen molar-refractivity contribution in [3.8, 4) is 5.69 Å². The molecule has 2 aromatic heterocycles. The van der Waals surface area contributed by atoms with E-state index in [2.05, 4.69) is 9.97 Å². The molecule has 3 aromatic rings. The minimum Gasteiger partial charge on any atom is -0.313 e.